The van der Waals surface area contributed by atoms with E-state index in [0.29, 0.717) is 5.92 Å². The van der Waals surface area contributed by atoms with E-state index in [2.05, 4.69) is 36.9 Å². The van der Waals surface area contributed by atoms with E-state index in [1.807, 2.05) is 0 Å². The number of carbonyl (C=O) groups is 1. The minimum atomic E-state index is -0.312. The van der Waals surface area contributed by atoms with Gasteiger partial charge in [0, 0.05) is 13.1 Å². The summed E-state index contributed by atoms with van der Waals surface area (Å²) in [4.78, 5) is 19.2. The van der Waals surface area contributed by atoms with Crippen molar-refractivity contribution in [2.45, 2.75) is 32.6 Å². The standard InChI is InChI=1S/C14H21N3OS/c1-9(2)13-14(10-4-6-17(3)7-5-10)19-12(16-13)8-11(15)18/h4,9H,5-8H2,1-3H3,(H2,15,18). The third-order valence-electron chi connectivity index (χ3n) is 3.27. The highest BCUT2D eigenvalue weighted by atomic mass is 32.1. The highest BCUT2D eigenvalue weighted by molar-refractivity contribution is 7.13. The van der Waals surface area contributed by atoms with Crippen molar-refractivity contribution in [2.24, 2.45) is 5.73 Å². The number of thiazole rings is 1. The topological polar surface area (TPSA) is 59.2 Å². The number of rotatable bonds is 4. The van der Waals surface area contributed by atoms with Crippen molar-refractivity contribution in [3.05, 3.63) is 21.7 Å². The van der Waals surface area contributed by atoms with E-state index < -0.39 is 0 Å². The zero-order chi connectivity index (χ0) is 14.0. The molecule has 0 saturated heterocycles. The maximum atomic E-state index is 11.0. The van der Waals surface area contributed by atoms with Crippen LogP contribution in [-0.4, -0.2) is 35.9 Å². The van der Waals surface area contributed by atoms with E-state index in [9.17, 15) is 4.79 Å². The maximum absolute atomic E-state index is 11.0. The first kappa shape index (κ1) is 14.2. The van der Waals surface area contributed by atoms with Gasteiger partial charge in [-0.25, -0.2) is 4.98 Å². The van der Waals surface area contributed by atoms with Gasteiger partial charge in [0.05, 0.1) is 17.0 Å². The molecule has 104 valence electrons. The molecule has 1 aliphatic rings. The number of nitrogens with zero attached hydrogens (tertiary/aromatic N) is 2. The minimum Gasteiger partial charge on any atom is -0.369 e. The van der Waals surface area contributed by atoms with E-state index in [1.165, 1.54) is 10.5 Å². The van der Waals surface area contributed by atoms with Gasteiger partial charge < -0.3 is 10.6 Å². The Hall–Kier alpha value is -1.20. The predicted molar refractivity (Wildman–Crippen MR) is 79.2 cm³/mol. The normalized spacial score (nSPS) is 16.7. The molecule has 0 unspecified atom stereocenters. The van der Waals surface area contributed by atoms with Crippen molar-refractivity contribution in [2.75, 3.05) is 20.1 Å². The number of aromatic nitrogens is 1. The van der Waals surface area contributed by atoms with Gasteiger partial charge in [0.1, 0.15) is 5.01 Å². The zero-order valence-corrected chi connectivity index (χ0v) is 12.6. The van der Waals surface area contributed by atoms with Crippen LogP contribution < -0.4 is 5.73 Å². The first-order chi connectivity index (χ1) is 8.97. The predicted octanol–water partition coefficient (Wildman–Crippen LogP) is 2.01. The molecule has 0 bridgehead atoms. The first-order valence-electron chi connectivity index (χ1n) is 6.63. The van der Waals surface area contributed by atoms with Gasteiger partial charge in [-0.1, -0.05) is 19.9 Å². The molecule has 0 aromatic carbocycles. The summed E-state index contributed by atoms with van der Waals surface area (Å²) in [5.74, 6) is 0.0568. The van der Waals surface area contributed by atoms with Crippen LogP contribution in [0.15, 0.2) is 6.08 Å². The number of hydrogen-bond donors (Lipinski definition) is 1. The van der Waals surface area contributed by atoms with Crippen LogP contribution in [0.2, 0.25) is 0 Å². The average Bonchev–Trinajstić information content (AvgIpc) is 2.73. The lowest BCUT2D eigenvalue weighted by molar-refractivity contribution is -0.117. The molecule has 2 N–H and O–H groups in total. The van der Waals surface area contributed by atoms with Crippen molar-refractivity contribution in [3.8, 4) is 0 Å². The summed E-state index contributed by atoms with van der Waals surface area (Å²) in [5, 5.41) is 0.839. The van der Waals surface area contributed by atoms with Gasteiger partial charge in [-0.3, -0.25) is 4.79 Å². The number of carbonyl (C=O) groups excluding carboxylic acids is 1. The zero-order valence-electron chi connectivity index (χ0n) is 11.8. The summed E-state index contributed by atoms with van der Waals surface area (Å²) in [6.07, 6.45) is 3.57. The van der Waals surface area contributed by atoms with Crippen molar-refractivity contribution < 1.29 is 4.79 Å². The van der Waals surface area contributed by atoms with Crippen molar-refractivity contribution in [3.63, 3.8) is 0 Å². The molecule has 0 spiro atoms. The van der Waals surface area contributed by atoms with Crippen LogP contribution in [0.1, 0.15) is 41.8 Å². The largest absolute Gasteiger partial charge is 0.369 e. The molecule has 0 aliphatic carbocycles. The number of hydrogen-bond acceptors (Lipinski definition) is 4. The lowest BCUT2D eigenvalue weighted by atomic mass is 10.0. The van der Waals surface area contributed by atoms with Gasteiger partial charge >= 0.3 is 0 Å². The molecule has 0 saturated carbocycles. The quantitative estimate of drug-likeness (QED) is 0.917. The Labute approximate surface area is 118 Å². The summed E-state index contributed by atoms with van der Waals surface area (Å²) < 4.78 is 0. The van der Waals surface area contributed by atoms with Gasteiger partial charge in [-0.2, -0.15) is 0 Å². The van der Waals surface area contributed by atoms with Crippen LogP contribution in [-0.2, 0) is 11.2 Å². The first-order valence-corrected chi connectivity index (χ1v) is 7.45. The Morgan fingerprint density at radius 2 is 2.32 bits per heavy atom. The molecule has 0 radical (unpaired) electrons. The number of likely N-dealkylation sites (N-methyl/N-ethyl adjacent to an activating group) is 1. The molecule has 2 rings (SSSR count). The summed E-state index contributed by atoms with van der Waals surface area (Å²) >= 11 is 1.63. The number of primary amides is 1. The van der Waals surface area contributed by atoms with E-state index in [-0.39, 0.29) is 12.3 Å². The fraction of sp³-hybridized carbons (Fsp3) is 0.571. The van der Waals surface area contributed by atoms with E-state index in [4.69, 9.17) is 5.73 Å². The van der Waals surface area contributed by atoms with Crippen LogP contribution in [0.4, 0.5) is 0 Å². The van der Waals surface area contributed by atoms with Crippen LogP contribution in [0, 0.1) is 0 Å². The molecule has 0 fully saturated rings. The van der Waals surface area contributed by atoms with Crippen molar-refractivity contribution in [1.82, 2.24) is 9.88 Å². The third kappa shape index (κ3) is 3.42. The molecular weight excluding hydrogens is 258 g/mol. The second-order valence-corrected chi connectivity index (χ2v) is 6.44. The Kier molecular flexibility index (Phi) is 4.37. The second-order valence-electron chi connectivity index (χ2n) is 5.36. The molecule has 19 heavy (non-hydrogen) atoms. The van der Waals surface area contributed by atoms with Crippen LogP contribution in [0.25, 0.3) is 5.57 Å². The highest BCUT2D eigenvalue weighted by Crippen LogP contribution is 2.34. The Morgan fingerprint density at radius 1 is 1.58 bits per heavy atom. The average molecular weight is 279 g/mol. The number of nitrogens with two attached hydrogens (primary N) is 1. The SMILES string of the molecule is CC(C)c1nc(CC(N)=O)sc1C1=CCN(C)CC1. The summed E-state index contributed by atoms with van der Waals surface area (Å²) in [7, 11) is 2.13. The molecule has 2 heterocycles. The molecule has 1 aromatic heterocycles. The molecule has 1 aromatic rings. The van der Waals surface area contributed by atoms with Crippen LogP contribution in [0.3, 0.4) is 0 Å². The second kappa shape index (κ2) is 5.84. The minimum absolute atomic E-state index is 0.248. The van der Waals surface area contributed by atoms with Gasteiger partial charge in [0.2, 0.25) is 5.91 Å². The lowest BCUT2D eigenvalue weighted by Gasteiger charge is -2.22. The third-order valence-corrected chi connectivity index (χ3v) is 4.42. The van der Waals surface area contributed by atoms with Crippen LogP contribution >= 0.6 is 11.3 Å². The van der Waals surface area contributed by atoms with Gasteiger partial charge in [-0.05, 0) is 25.0 Å². The van der Waals surface area contributed by atoms with Gasteiger partial charge in [0.25, 0.3) is 0 Å². The fourth-order valence-corrected chi connectivity index (χ4v) is 3.50. The van der Waals surface area contributed by atoms with Crippen molar-refractivity contribution in [1.29, 1.82) is 0 Å². The molecule has 0 atom stereocenters. The summed E-state index contributed by atoms with van der Waals surface area (Å²) in [5.41, 5.74) is 7.74. The Balaban J connectivity index is 2.32. The lowest BCUT2D eigenvalue weighted by Crippen LogP contribution is -2.23. The molecule has 1 amide bonds. The van der Waals surface area contributed by atoms with Gasteiger partial charge in [-0.15, -0.1) is 11.3 Å². The van der Waals surface area contributed by atoms with E-state index >= 15 is 0 Å². The Morgan fingerprint density at radius 3 is 2.84 bits per heavy atom. The van der Waals surface area contributed by atoms with E-state index in [1.54, 1.807) is 11.3 Å². The Bertz CT molecular complexity index is 505. The highest BCUT2D eigenvalue weighted by Gasteiger charge is 2.20. The molecule has 5 heteroatoms. The van der Waals surface area contributed by atoms with Crippen molar-refractivity contribution >= 4 is 22.8 Å². The van der Waals surface area contributed by atoms with E-state index in [0.717, 1.165) is 30.2 Å². The fourth-order valence-electron chi connectivity index (χ4n) is 2.20. The molecule has 4 nitrogen and oxygen atoms in total. The van der Waals surface area contributed by atoms with Crippen LogP contribution in [0.5, 0.6) is 0 Å². The maximum Gasteiger partial charge on any atom is 0.224 e. The summed E-state index contributed by atoms with van der Waals surface area (Å²) in [6, 6.07) is 0. The smallest absolute Gasteiger partial charge is 0.224 e. The van der Waals surface area contributed by atoms with Gasteiger partial charge in [0.15, 0.2) is 0 Å². The summed E-state index contributed by atoms with van der Waals surface area (Å²) in [6.45, 7) is 6.34. The number of amides is 1. The molecule has 1 aliphatic heterocycles. The molecular formula is C14H21N3OS. The monoisotopic (exact) mass is 279 g/mol.